The van der Waals surface area contributed by atoms with Gasteiger partial charge in [0.2, 0.25) is 11.8 Å². The number of hydrogen-bond donors (Lipinski definition) is 1. The molecule has 26 heavy (non-hydrogen) atoms. The number of likely N-dealkylation sites (N-methyl/N-ethyl adjacent to an activating group) is 1. The van der Waals surface area contributed by atoms with Crippen LogP contribution >= 0.6 is 22.7 Å². The van der Waals surface area contributed by atoms with Gasteiger partial charge in [-0.3, -0.25) is 9.59 Å². The number of anilines is 1. The Labute approximate surface area is 160 Å². The van der Waals surface area contributed by atoms with Crippen LogP contribution in [0.1, 0.15) is 28.3 Å². The lowest BCUT2D eigenvalue weighted by molar-refractivity contribution is -0.136. The molecule has 0 spiro atoms. The molecule has 2 aromatic heterocycles. The zero-order valence-electron chi connectivity index (χ0n) is 14.7. The van der Waals surface area contributed by atoms with Crippen molar-refractivity contribution in [3.05, 3.63) is 33.0 Å². The maximum absolute atomic E-state index is 12.8. The molecule has 0 bridgehead atoms. The van der Waals surface area contributed by atoms with Crippen LogP contribution in [0.3, 0.4) is 0 Å². The zero-order chi connectivity index (χ0) is 18.1. The summed E-state index contributed by atoms with van der Waals surface area (Å²) in [6.45, 7) is 2.54. The standard InChI is InChI=1S/C18H22N4O2S2/c1-21-8-6-13-15(11-21)26-18(19-13)20-17(24)14-5-2-7-22(14)16(23)10-12-4-3-9-25-12/h3-4,9,14H,2,5-8,10-11H2,1H3,(H,19,20,24). The number of nitrogens with one attached hydrogen (secondary N) is 1. The Bertz CT molecular complexity index is 802. The number of thiazole rings is 1. The Morgan fingerprint density at radius 3 is 3.08 bits per heavy atom. The van der Waals surface area contributed by atoms with E-state index in [1.807, 2.05) is 17.5 Å². The molecule has 4 rings (SSSR count). The summed E-state index contributed by atoms with van der Waals surface area (Å²) in [7, 11) is 2.09. The maximum atomic E-state index is 12.8. The first-order valence-electron chi connectivity index (χ1n) is 8.90. The van der Waals surface area contributed by atoms with E-state index < -0.39 is 0 Å². The molecule has 8 heteroatoms. The van der Waals surface area contributed by atoms with Crippen LogP contribution in [0.4, 0.5) is 5.13 Å². The van der Waals surface area contributed by atoms with E-state index in [-0.39, 0.29) is 17.9 Å². The Morgan fingerprint density at radius 2 is 2.27 bits per heavy atom. The molecule has 0 radical (unpaired) electrons. The van der Waals surface area contributed by atoms with Crippen molar-refractivity contribution in [2.24, 2.45) is 0 Å². The van der Waals surface area contributed by atoms with E-state index in [0.717, 1.165) is 42.9 Å². The van der Waals surface area contributed by atoms with Crippen molar-refractivity contribution in [3.8, 4) is 0 Å². The number of likely N-dealkylation sites (tertiary alicyclic amines) is 1. The zero-order valence-corrected chi connectivity index (χ0v) is 16.4. The number of fused-ring (bicyclic) bond motifs is 1. The van der Waals surface area contributed by atoms with Crippen molar-refractivity contribution in [3.63, 3.8) is 0 Å². The van der Waals surface area contributed by atoms with Crippen LogP contribution < -0.4 is 5.32 Å². The minimum absolute atomic E-state index is 0.0326. The molecule has 1 saturated heterocycles. The summed E-state index contributed by atoms with van der Waals surface area (Å²) >= 11 is 3.13. The smallest absolute Gasteiger partial charge is 0.248 e. The third kappa shape index (κ3) is 3.67. The van der Waals surface area contributed by atoms with Gasteiger partial charge in [-0.2, -0.15) is 0 Å². The van der Waals surface area contributed by atoms with Gasteiger partial charge in [-0.25, -0.2) is 4.98 Å². The van der Waals surface area contributed by atoms with Gasteiger partial charge in [0.25, 0.3) is 0 Å². The Kier molecular flexibility index (Phi) is 5.06. The fraction of sp³-hybridized carbons (Fsp3) is 0.500. The topological polar surface area (TPSA) is 65.5 Å². The second-order valence-corrected chi connectivity index (χ2v) is 8.98. The molecule has 2 amide bonds. The van der Waals surface area contributed by atoms with Gasteiger partial charge in [-0.15, -0.1) is 22.7 Å². The molecule has 1 unspecified atom stereocenters. The quantitative estimate of drug-likeness (QED) is 0.870. The normalized spacial score (nSPS) is 20.2. The van der Waals surface area contributed by atoms with Crippen molar-refractivity contribution in [1.82, 2.24) is 14.8 Å². The second kappa shape index (κ2) is 7.46. The number of thiophene rings is 1. The average molecular weight is 391 g/mol. The van der Waals surface area contributed by atoms with Gasteiger partial charge in [0.05, 0.1) is 12.1 Å². The molecule has 1 atom stereocenters. The van der Waals surface area contributed by atoms with Gasteiger partial charge in [0.15, 0.2) is 5.13 Å². The van der Waals surface area contributed by atoms with E-state index in [4.69, 9.17) is 0 Å². The maximum Gasteiger partial charge on any atom is 0.248 e. The van der Waals surface area contributed by atoms with Gasteiger partial charge >= 0.3 is 0 Å². The van der Waals surface area contributed by atoms with Crippen LogP contribution in [-0.2, 0) is 29.0 Å². The summed E-state index contributed by atoms with van der Waals surface area (Å²) in [5, 5.41) is 5.59. The second-order valence-electron chi connectivity index (χ2n) is 6.87. The number of hydrogen-bond acceptors (Lipinski definition) is 6. The fourth-order valence-corrected chi connectivity index (χ4v) is 5.35. The first kappa shape index (κ1) is 17.6. The number of carbonyl (C=O) groups excluding carboxylic acids is 2. The van der Waals surface area contributed by atoms with Crippen molar-refractivity contribution >= 4 is 39.6 Å². The summed E-state index contributed by atoms with van der Waals surface area (Å²) < 4.78 is 0. The van der Waals surface area contributed by atoms with Crippen molar-refractivity contribution in [2.75, 3.05) is 25.5 Å². The molecule has 6 nitrogen and oxygen atoms in total. The lowest BCUT2D eigenvalue weighted by atomic mass is 10.2. The summed E-state index contributed by atoms with van der Waals surface area (Å²) in [6, 6.07) is 3.53. The molecule has 0 saturated carbocycles. The Morgan fingerprint density at radius 1 is 1.38 bits per heavy atom. The van der Waals surface area contributed by atoms with Crippen molar-refractivity contribution < 1.29 is 9.59 Å². The van der Waals surface area contributed by atoms with E-state index in [1.54, 1.807) is 27.6 Å². The van der Waals surface area contributed by atoms with Gasteiger partial charge in [-0.1, -0.05) is 6.07 Å². The number of amides is 2. The summed E-state index contributed by atoms with van der Waals surface area (Å²) in [4.78, 5) is 36.2. The molecule has 1 N–H and O–H groups in total. The first-order valence-corrected chi connectivity index (χ1v) is 10.6. The van der Waals surface area contributed by atoms with Gasteiger partial charge in [0, 0.05) is 35.8 Å². The SMILES string of the molecule is CN1CCc2nc(NC(=O)C3CCCN3C(=O)Cc3cccs3)sc2C1. The number of aromatic nitrogens is 1. The highest BCUT2D eigenvalue weighted by molar-refractivity contribution is 7.15. The molecule has 2 aromatic rings. The molecule has 0 aliphatic carbocycles. The molecule has 4 heterocycles. The largest absolute Gasteiger partial charge is 0.330 e. The van der Waals surface area contributed by atoms with Crippen LogP contribution in [0.15, 0.2) is 17.5 Å². The third-order valence-corrected chi connectivity index (χ3v) is 6.81. The predicted molar refractivity (Wildman–Crippen MR) is 104 cm³/mol. The van der Waals surface area contributed by atoms with Gasteiger partial charge < -0.3 is 15.1 Å². The van der Waals surface area contributed by atoms with Crippen molar-refractivity contribution in [1.29, 1.82) is 0 Å². The molecule has 2 aliphatic rings. The molecular weight excluding hydrogens is 368 g/mol. The highest BCUT2D eigenvalue weighted by Gasteiger charge is 2.34. The van der Waals surface area contributed by atoms with E-state index in [2.05, 4.69) is 22.2 Å². The fourth-order valence-electron chi connectivity index (χ4n) is 3.57. The average Bonchev–Trinajstić information content (AvgIpc) is 3.34. The number of nitrogens with zero attached hydrogens (tertiary/aromatic N) is 3. The van der Waals surface area contributed by atoms with Crippen LogP contribution in [0.5, 0.6) is 0 Å². The van der Waals surface area contributed by atoms with Crippen LogP contribution in [-0.4, -0.2) is 52.8 Å². The van der Waals surface area contributed by atoms with E-state index in [9.17, 15) is 9.59 Å². The lowest BCUT2D eigenvalue weighted by Crippen LogP contribution is -2.43. The molecule has 0 aromatic carbocycles. The summed E-state index contributed by atoms with van der Waals surface area (Å²) in [5.74, 6) is -0.0772. The molecule has 138 valence electrons. The first-order chi connectivity index (χ1) is 12.6. The van der Waals surface area contributed by atoms with Crippen LogP contribution in [0, 0.1) is 0 Å². The highest BCUT2D eigenvalue weighted by Crippen LogP contribution is 2.29. The van der Waals surface area contributed by atoms with Crippen LogP contribution in [0.2, 0.25) is 0 Å². The lowest BCUT2D eigenvalue weighted by Gasteiger charge is -2.23. The van der Waals surface area contributed by atoms with E-state index >= 15 is 0 Å². The number of rotatable bonds is 4. The monoisotopic (exact) mass is 390 g/mol. The Balaban J connectivity index is 1.41. The molecule has 2 aliphatic heterocycles. The molecule has 1 fully saturated rings. The van der Waals surface area contributed by atoms with Crippen LogP contribution in [0.25, 0.3) is 0 Å². The minimum Gasteiger partial charge on any atom is -0.330 e. The number of carbonyl (C=O) groups is 2. The van der Waals surface area contributed by atoms with E-state index in [1.165, 1.54) is 4.88 Å². The molecular formula is C18H22N4O2S2. The Hall–Kier alpha value is -1.77. The highest BCUT2D eigenvalue weighted by atomic mass is 32.1. The third-order valence-electron chi connectivity index (χ3n) is 4.93. The van der Waals surface area contributed by atoms with Gasteiger partial charge in [0.1, 0.15) is 6.04 Å². The summed E-state index contributed by atoms with van der Waals surface area (Å²) in [5.41, 5.74) is 1.10. The minimum atomic E-state index is -0.383. The summed E-state index contributed by atoms with van der Waals surface area (Å²) in [6.07, 6.45) is 2.88. The van der Waals surface area contributed by atoms with Gasteiger partial charge in [-0.05, 0) is 31.3 Å². The predicted octanol–water partition coefficient (Wildman–Crippen LogP) is 2.36. The van der Waals surface area contributed by atoms with E-state index in [0.29, 0.717) is 18.1 Å². The van der Waals surface area contributed by atoms with Crippen molar-refractivity contribution in [2.45, 2.75) is 38.3 Å².